The van der Waals surface area contributed by atoms with Crippen LogP contribution in [0.1, 0.15) is 25.7 Å². The third-order valence-electron chi connectivity index (χ3n) is 3.26. The highest BCUT2D eigenvalue weighted by Crippen LogP contribution is 2.34. The predicted octanol–water partition coefficient (Wildman–Crippen LogP) is 0.960. The van der Waals surface area contributed by atoms with Gasteiger partial charge in [0, 0.05) is 7.11 Å². The highest BCUT2D eigenvalue weighted by molar-refractivity contribution is 5.79. The zero-order valence-corrected chi connectivity index (χ0v) is 9.12. The largest absolute Gasteiger partial charge is 0.480 e. The first kappa shape index (κ1) is 11.5. The standard InChI is InChI=1S/C10H19NO3/c1-11(2)10(9(12)13)7-5-4-6-8(10)14-3/h8H,4-7H2,1-3H3,(H,12,13). The van der Waals surface area contributed by atoms with Crippen molar-refractivity contribution in [1.82, 2.24) is 4.90 Å². The summed E-state index contributed by atoms with van der Waals surface area (Å²) in [6.07, 6.45) is 3.34. The molecule has 0 heterocycles. The summed E-state index contributed by atoms with van der Waals surface area (Å²) in [6, 6.07) is 0. The molecule has 0 radical (unpaired) electrons. The first-order valence-corrected chi connectivity index (χ1v) is 4.99. The minimum absolute atomic E-state index is 0.191. The number of rotatable bonds is 3. The van der Waals surface area contributed by atoms with E-state index in [-0.39, 0.29) is 6.10 Å². The highest BCUT2D eigenvalue weighted by atomic mass is 16.5. The first-order chi connectivity index (χ1) is 6.55. The van der Waals surface area contributed by atoms with Crippen LogP contribution in [0.5, 0.6) is 0 Å². The minimum atomic E-state index is -0.826. The van der Waals surface area contributed by atoms with Crippen LogP contribution in [0.3, 0.4) is 0 Å². The van der Waals surface area contributed by atoms with Crippen molar-refractivity contribution in [2.24, 2.45) is 0 Å². The fraction of sp³-hybridized carbons (Fsp3) is 0.900. The average Bonchev–Trinajstić information content (AvgIpc) is 2.16. The topological polar surface area (TPSA) is 49.8 Å². The molecule has 4 heteroatoms. The third kappa shape index (κ3) is 1.64. The van der Waals surface area contributed by atoms with E-state index in [2.05, 4.69) is 0 Å². The molecule has 1 rings (SSSR count). The molecule has 1 saturated carbocycles. The maximum absolute atomic E-state index is 11.4. The van der Waals surface area contributed by atoms with Crippen molar-refractivity contribution >= 4 is 5.97 Å². The summed E-state index contributed by atoms with van der Waals surface area (Å²) >= 11 is 0. The van der Waals surface area contributed by atoms with Gasteiger partial charge in [-0.2, -0.15) is 0 Å². The number of hydrogen-bond donors (Lipinski definition) is 1. The van der Waals surface area contributed by atoms with Gasteiger partial charge in [0.1, 0.15) is 5.54 Å². The lowest BCUT2D eigenvalue weighted by Gasteiger charge is -2.44. The highest BCUT2D eigenvalue weighted by Gasteiger charge is 2.49. The van der Waals surface area contributed by atoms with Gasteiger partial charge >= 0.3 is 5.97 Å². The Bertz CT molecular complexity index is 217. The molecule has 0 bridgehead atoms. The molecule has 0 saturated heterocycles. The number of carbonyl (C=O) groups is 1. The molecule has 0 aromatic heterocycles. The molecule has 1 aliphatic carbocycles. The molecule has 1 fully saturated rings. The van der Waals surface area contributed by atoms with Crippen molar-refractivity contribution in [2.45, 2.75) is 37.3 Å². The van der Waals surface area contributed by atoms with Crippen molar-refractivity contribution in [2.75, 3.05) is 21.2 Å². The summed E-state index contributed by atoms with van der Waals surface area (Å²) in [5, 5.41) is 9.34. The molecular formula is C10H19NO3. The number of ether oxygens (including phenoxy) is 1. The lowest BCUT2D eigenvalue weighted by atomic mass is 9.78. The number of carboxylic acid groups (broad SMARTS) is 1. The van der Waals surface area contributed by atoms with Crippen molar-refractivity contribution in [3.05, 3.63) is 0 Å². The predicted molar refractivity (Wildman–Crippen MR) is 53.3 cm³/mol. The quantitative estimate of drug-likeness (QED) is 0.739. The van der Waals surface area contributed by atoms with E-state index >= 15 is 0 Å². The van der Waals surface area contributed by atoms with Gasteiger partial charge in [0.15, 0.2) is 0 Å². The SMILES string of the molecule is COC1CCCCC1(C(=O)O)N(C)C. The zero-order valence-electron chi connectivity index (χ0n) is 9.12. The van der Waals surface area contributed by atoms with Gasteiger partial charge in [-0.25, -0.2) is 0 Å². The summed E-state index contributed by atoms with van der Waals surface area (Å²) in [4.78, 5) is 13.1. The van der Waals surface area contributed by atoms with Gasteiger partial charge in [-0.3, -0.25) is 9.69 Å². The number of aliphatic carboxylic acids is 1. The molecule has 0 spiro atoms. The Kier molecular flexibility index (Phi) is 3.50. The summed E-state index contributed by atoms with van der Waals surface area (Å²) < 4.78 is 5.31. The fourth-order valence-corrected chi connectivity index (χ4v) is 2.38. The second-order valence-electron chi connectivity index (χ2n) is 4.09. The lowest BCUT2D eigenvalue weighted by molar-refractivity contribution is -0.164. The zero-order chi connectivity index (χ0) is 10.8. The molecule has 1 aliphatic rings. The molecule has 2 unspecified atom stereocenters. The normalized spacial score (nSPS) is 33.3. The minimum Gasteiger partial charge on any atom is -0.480 e. The van der Waals surface area contributed by atoms with Crippen LogP contribution in [0.2, 0.25) is 0 Å². The fourth-order valence-electron chi connectivity index (χ4n) is 2.38. The van der Waals surface area contributed by atoms with Crippen molar-refractivity contribution < 1.29 is 14.6 Å². The van der Waals surface area contributed by atoms with Gasteiger partial charge in [-0.05, 0) is 26.9 Å². The van der Waals surface area contributed by atoms with Crippen LogP contribution in [0.25, 0.3) is 0 Å². The molecule has 0 aromatic rings. The lowest BCUT2D eigenvalue weighted by Crippen LogP contribution is -2.61. The van der Waals surface area contributed by atoms with Crippen LogP contribution in [-0.4, -0.2) is 48.8 Å². The monoisotopic (exact) mass is 201 g/mol. The van der Waals surface area contributed by atoms with Gasteiger partial charge in [0.05, 0.1) is 6.10 Å². The molecular weight excluding hydrogens is 182 g/mol. The molecule has 14 heavy (non-hydrogen) atoms. The van der Waals surface area contributed by atoms with Crippen molar-refractivity contribution in [3.63, 3.8) is 0 Å². The Labute approximate surface area is 84.8 Å². The molecule has 0 aliphatic heterocycles. The van der Waals surface area contributed by atoms with Crippen LogP contribution in [0.4, 0.5) is 0 Å². The van der Waals surface area contributed by atoms with Crippen LogP contribution in [0, 0.1) is 0 Å². The number of hydrogen-bond acceptors (Lipinski definition) is 3. The van der Waals surface area contributed by atoms with E-state index in [1.54, 1.807) is 12.0 Å². The number of likely N-dealkylation sites (N-methyl/N-ethyl adjacent to an activating group) is 1. The molecule has 4 nitrogen and oxygen atoms in total. The Morgan fingerprint density at radius 2 is 2.14 bits per heavy atom. The van der Waals surface area contributed by atoms with E-state index in [4.69, 9.17) is 4.74 Å². The smallest absolute Gasteiger partial charge is 0.326 e. The summed E-state index contributed by atoms with van der Waals surface area (Å²) in [5.74, 6) is -0.769. The molecule has 1 N–H and O–H groups in total. The molecule has 2 atom stereocenters. The van der Waals surface area contributed by atoms with Gasteiger partial charge in [-0.15, -0.1) is 0 Å². The number of methoxy groups -OCH3 is 1. The first-order valence-electron chi connectivity index (χ1n) is 4.99. The molecule has 0 amide bonds. The average molecular weight is 201 g/mol. The van der Waals surface area contributed by atoms with E-state index in [0.717, 1.165) is 19.3 Å². The van der Waals surface area contributed by atoms with Gasteiger partial charge in [0.2, 0.25) is 0 Å². The Morgan fingerprint density at radius 1 is 1.50 bits per heavy atom. The Morgan fingerprint density at radius 3 is 2.50 bits per heavy atom. The van der Waals surface area contributed by atoms with Gasteiger partial charge in [0.25, 0.3) is 0 Å². The Hall–Kier alpha value is -0.610. The van der Waals surface area contributed by atoms with Crippen LogP contribution < -0.4 is 0 Å². The summed E-state index contributed by atoms with van der Waals surface area (Å²) in [6.45, 7) is 0. The maximum Gasteiger partial charge on any atom is 0.326 e. The van der Waals surface area contributed by atoms with Crippen molar-refractivity contribution in [3.8, 4) is 0 Å². The van der Waals surface area contributed by atoms with E-state index in [1.807, 2.05) is 14.1 Å². The maximum atomic E-state index is 11.4. The molecule has 0 aromatic carbocycles. The van der Waals surface area contributed by atoms with E-state index < -0.39 is 11.5 Å². The van der Waals surface area contributed by atoms with Crippen LogP contribution >= 0.6 is 0 Å². The molecule has 82 valence electrons. The summed E-state index contributed by atoms with van der Waals surface area (Å²) in [7, 11) is 5.22. The summed E-state index contributed by atoms with van der Waals surface area (Å²) in [5.41, 5.74) is -0.826. The van der Waals surface area contributed by atoms with Crippen LogP contribution in [0.15, 0.2) is 0 Å². The number of carboxylic acids is 1. The van der Waals surface area contributed by atoms with Gasteiger partial charge in [-0.1, -0.05) is 12.8 Å². The third-order valence-corrected chi connectivity index (χ3v) is 3.26. The van der Waals surface area contributed by atoms with Crippen LogP contribution in [-0.2, 0) is 9.53 Å². The van der Waals surface area contributed by atoms with E-state index in [0.29, 0.717) is 6.42 Å². The van der Waals surface area contributed by atoms with Crippen molar-refractivity contribution in [1.29, 1.82) is 0 Å². The van der Waals surface area contributed by atoms with E-state index in [9.17, 15) is 9.90 Å². The second-order valence-corrected chi connectivity index (χ2v) is 4.09. The number of nitrogens with zero attached hydrogens (tertiary/aromatic N) is 1. The second kappa shape index (κ2) is 4.28. The van der Waals surface area contributed by atoms with Gasteiger partial charge < -0.3 is 9.84 Å². The van der Waals surface area contributed by atoms with E-state index in [1.165, 1.54) is 0 Å². The Balaban J connectivity index is 2.97.